The first-order chi connectivity index (χ1) is 9.52. The quantitative estimate of drug-likeness (QED) is 0.485. The zero-order chi connectivity index (χ0) is 14.7. The van der Waals surface area contributed by atoms with Crippen molar-refractivity contribution in [1.82, 2.24) is 0 Å². The van der Waals surface area contributed by atoms with Gasteiger partial charge in [-0.2, -0.15) is 0 Å². The van der Waals surface area contributed by atoms with Gasteiger partial charge in [-0.15, -0.1) is 11.6 Å². The van der Waals surface area contributed by atoms with Gasteiger partial charge in [0.15, 0.2) is 0 Å². The molecule has 4 heteroatoms. The van der Waals surface area contributed by atoms with E-state index < -0.39 is 0 Å². The Balaban J connectivity index is 2.46. The molecule has 0 aliphatic rings. The van der Waals surface area contributed by atoms with Gasteiger partial charge >= 0.3 is 0 Å². The van der Waals surface area contributed by atoms with E-state index in [1.54, 1.807) is 6.07 Å². The van der Waals surface area contributed by atoms with Crippen LogP contribution >= 0.6 is 34.2 Å². The molecule has 0 radical (unpaired) electrons. The van der Waals surface area contributed by atoms with Crippen LogP contribution in [-0.2, 0) is 0 Å². The summed E-state index contributed by atoms with van der Waals surface area (Å²) in [6.07, 6.45) is 0. The molecule has 0 fully saturated rings. The van der Waals surface area contributed by atoms with Gasteiger partial charge in [-0.25, -0.2) is 4.39 Å². The fourth-order valence-corrected chi connectivity index (χ4v) is 3.36. The molecular weight excluding hydrogens is 390 g/mol. The van der Waals surface area contributed by atoms with Crippen LogP contribution in [0.4, 0.5) is 4.39 Å². The van der Waals surface area contributed by atoms with Crippen LogP contribution < -0.4 is 4.74 Å². The monoisotopic (exact) mass is 404 g/mol. The molecule has 1 unspecified atom stereocenters. The molecule has 0 bridgehead atoms. The third-order valence-corrected chi connectivity index (χ3v) is 4.38. The number of rotatable bonds is 4. The SMILES string of the molecule is CCOc1ccc(C)cc1C(Cl)c1ccc(F)cc1I. The van der Waals surface area contributed by atoms with E-state index in [9.17, 15) is 4.39 Å². The second-order valence-electron chi connectivity index (χ2n) is 4.50. The smallest absolute Gasteiger partial charge is 0.124 e. The van der Waals surface area contributed by atoms with Gasteiger partial charge < -0.3 is 4.74 Å². The maximum atomic E-state index is 13.2. The van der Waals surface area contributed by atoms with Gasteiger partial charge in [0.25, 0.3) is 0 Å². The van der Waals surface area contributed by atoms with Crippen LogP contribution in [0.3, 0.4) is 0 Å². The Bertz CT molecular complexity index is 615. The average molecular weight is 405 g/mol. The van der Waals surface area contributed by atoms with Crippen molar-refractivity contribution >= 4 is 34.2 Å². The lowest BCUT2D eigenvalue weighted by Gasteiger charge is -2.17. The van der Waals surface area contributed by atoms with Crippen molar-refractivity contribution in [2.75, 3.05) is 6.61 Å². The van der Waals surface area contributed by atoms with Gasteiger partial charge in [-0.3, -0.25) is 0 Å². The van der Waals surface area contributed by atoms with Crippen LogP contribution in [0.2, 0.25) is 0 Å². The summed E-state index contributed by atoms with van der Waals surface area (Å²) < 4.78 is 19.7. The Morgan fingerprint density at radius 2 is 1.95 bits per heavy atom. The molecule has 0 amide bonds. The summed E-state index contributed by atoms with van der Waals surface area (Å²) in [6.45, 7) is 4.53. The maximum absolute atomic E-state index is 13.2. The highest BCUT2D eigenvalue weighted by Crippen LogP contribution is 2.37. The van der Waals surface area contributed by atoms with Gasteiger partial charge in [-0.1, -0.05) is 23.8 Å². The lowest BCUT2D eigenvalue weighted by atomic mass is 10.0. The highest BCUT2D eigenvalue weighted by Gasteiger charge is 2.18. The molecule has 0 aliphatic heterocycles. The molecule has 0 N–H and O–H groups in total. The van der Waals surface area contributed by atoms with Crippen molar-refractivity contribution < 1.29 is 9.13 Å². The van der Waals surface area contributed by atoms with Gasteiger partial charge in [-0.05, 0) is 60.2 Å². The minimum atomic E-state index is -0.357. The molecule has 1 nitrogen and oxygen atoms in total. The Kier molecular flexibility index (Phi) is 5.27. The number of halogens is 3. The standard InChI is InChI=1S/C16H15ClFIO/c1-3-20-15-7-4-10(2)8-13(15)16(17)12-6-5-11(18)9-14(12)19/h4-9,16H,3H2,1-2H3. The van der Waals surface area contributed by atoms with Crippen molar-refractivity contribution in [3.8, 4) is 5.75 Å². The second kappa shape index (κ2) is 6.76. The van der Waals surface area contributed by atoms with E-state index in [0.29, 0.717) is 6.61 Å². The zero-order valence-corrected chi connectivity index (χ0v) is 14.2. The topological polar surface area (TPSA) is 9.23 Å². The molecule has 1 atom stereocenters. The molecule has 0 spiro atoms. The predicted octanol–water partition coefficient (Wildman–Crippen LogP) is 5.47. The summed E-state index contributed by atoms with van der Waals surface area (Å²) in [5, 5.41) is -0.357. The fraction of sp³-hybridized carbons (Fsp3) is 0.250. The lowest BCUT2D eigenvalue weighted by Crippen LogP contribution is -2.02. The summed E-state index contributed by atoms with van der Waals surface area (Å²) in [7, 11) is 0. The van der Waals surface area contributed by atoms with E-state index >= 15 is 0 Å². The zero-order valence-electron chi connectivity index (χ0n) is 11.3. The number of ether oxygens (including phenoxy) is 1. The number of hydrogen-bond donors (Lipinski definition) is 0. The molecule has 0 aliphatic carbocycles. The van der Waals surface area contributed by atoms with Crippen LogP contribution in [0, 0.1) is 16.3 Å². The fourth-order valence-electron chi connectivity index (χ4n) is 2.03. The third-order valence-electron chi connectivity index (χ3n) is 2.97. The summed E-state index contributed by atoms with van der Waals surface area (Å²) >= 11 is 8.70. The molecule has 20 heavy (non-hydrogen) atoms. The van der Waals surface area contributed by atoms with E-state index in [1.807, 2.05) is 32.0 Å². The van der Waals surface area contributed by atoms with Crippen molar-refractivity contribution in [2.45, 2.75) is 19.2 Å². The molecule has 2 aromatic carbocycles. The first-order valence-electron chi connectivity index (χ1n) is 6.35. The van der Waals surface area contributed by atoms with Crippen LogP contribution in [0.25, 0.3) is 0 Å². The minimum absolute atomic E-state index is 0.253. The van der Waals surface area contributed by atoms with Crippen molar-refractivity contribution in [3.63, 3.8) is 0 Å². The molecule has 0 heterocycles. The Morgan fingerprint density at radius 3 is 2.60 bits per heavy atom. The second-order valence-corrected chi connectivity index (χ2v) is 6.10. The number of aryl methyl sites for hydroxylation is 1. The van der Waals surface area contributed by atoms with E-state index in [-0.39, 0.29) is 11.2 Å². The van der Waals surface area contributed by atoms with E-state index in [0.717, 1.165) is 26.0 Å². The summed E-state index contributed by atoms with van der Waals surface area (Å²) in [5.74, 6) is 0.523. The highest BCUT2D eigenvalue weighted by molar-refractivity contribution is 14.1. The van der Waals surface area contributed by atoms with E-state index in [1.165, 1.54) is 12.1 Å². The first kappa shape index (κ1) is 15.6. The van der Waals surface area contributed by atoms with Crippen molar-refractivity contribution in [1.29, 1.82) is 0 Å². The van der Waals surface area contributed by atoms with Crippen LogP contribution in [0.1, 0.15) is 29.0 Å². The van der Waals surface area contributed by atoms with Crippen LogP contribution in [0.15, 0.2) is 36.4 Å². The van der Waals surface area contributed by atoms with Crippen molar-refractivity contribution in [2.24, 2.45) is 0 Å². The molecule has 0 saturated heterocycles. The Hall–Kier alpha value is -0.810. The summed E-state index contributed by atoms with van der Waals surface area (Å²) in [5.41, 5.74) is 2.92. The summed E-state index contributed by atoms with van der Waals surface area (Å²) in [4.78, 5) is 0. The Morgan fingerprint density at radius 1 is 1.20 bits per heavy atom. The minimum Gasteiger partial charge on any atom is -0.494 e. The average Bonchev–Trinajstić information content (AvgIpc) is 2.40. The van der Waals surface area contributed by atoms with Gasteiger partial charge in [0.1, 0.15) is 11.6 Å². The van der Waals surface area contributed by atoms with Crippen molar-refractivity contribution in [3.05, 3.63) is 62.5 Å². The lowest BCUT2D eigenvalue weighted by molar-refractivity contribution is 0.336. The predicted molar refractivity (Wildman–Crippen MR) is 89.2 cm³/mol. The Labute approximate surface area is 137 Å². The molecular formula is C16H15ClFIO. The number of hydrogen-bond acceptors (Lipinski definition) is 1. The summed E-state index contributed by atoms with van der Waals surface area (Å²) in [6, 6.07) is 10.6. The third kappa shape index (κ3) is 3.44. The molecule has 106 valence electrons. The normalized spacial score (nSPS) is 12.2. The molecule has 0 saturated carbocycles. The molecule has 0 aromatic heterocycles. The van der Waals surface area contributed by atoms with Gasteiger partial charge in [0.05, 0.1) is 12.0 Å². The number of benzene rings is 2. The van der Waals surface area contributed by atoms with E-state index in [4.69, 9.17) is 16.3 Å². The van der Waals surface area contributed by atoms with Gasteiger partial charge in [0.2, 0.25) is 0 Å². The van der Waals surface area contributed by atoms with E-state index in [2.05, 4.69) is 22.6 Å². The van der Waals surface area contributed by atoms with Crippen LogP contribution in [0.5, 0.6) is 5.75 Å². The molecule has 2 aromatic rings. The maximum Gasteiger partial charge on any atom is 0.124 e. The van der Waals surface area contributed by atoms with Gasteiger partial charge in [0, 0.05) is 9.13 Å². The first-order valence-corrected chi connectivity index (χ1v) is 7.86. The highest BCUT2D eigenvalue weighted by atomic mass is 127. The number of alkyl halides is 1. The largest absolute Gasteiger partial charge is 0.494 e. The van der Waals surface area contributed by atoms with Crippen LogP contribution in [-0.4, -0.2) is 6.61 Å². The molecule has 2 rings (SSSR count).